The van der Waals surface area contributed by atoms with Crippen LogP contribution in [0.3, 0.4) is 0 Å². The second-order valence-corrected chi connectivity index (χ2v) is 5.68. The maximum Gasteiger partial charge on any atom is 0.416 e. The first-order chi connectivity index (χ1) is 11.9. The molecule has 1 N–H and O–H groups in total. The number of carbonyl (C=O) groups excluding carboxylic acids is 1. The summed E-state index contributed by atoms with van der Waals surface area (Å²) in [7, 11) is 0. The number of carbonyl (C=O) groups is 1. The molecule has 0 saturated carbocycles. The van der Waals surface area contributed by atoms with Crippen LogP contribution in [0.4, 0.5) is 13.2 Å². The van der Waals surface area contributed by atoms with Gasteiger partial charge in [-0.25, -0.2) is 0 Å². The molecule has 132 valence electrons. The van der Waals surface area contributed by atoms with Crippen LogP contribution < -0.4 is 14.8 Å². The lowest BCUT2D eigenvalue weighted by Gasteiger charge is -2.26. The molecule has 1 aliphatic heterocycles. The number of amides is 1. The Hall–Kier alpha value is -2.70. The summed E-state index contributed by atoms with van der Waals surface area (Å²) in [5.74, 6) is 0.877. The van der Waals surface area contributed by atoms with Gasteiger partial charge in [0, 0.05) is 0 Å². The SMILES string of the molecule is O=C(Cc1cccc(C(F)(F)F)c1)NCC1COc2ccccc2O1. The zero-order valence-electron chi connectivity index (χ0n) is 13.2. The number of hydrogen-bond acceptors (Lipinski definition) is 3. The van der Waals surface area contributed by atoms with Crippen LogP contribution >= 0.6 is 0 Å². The molecule has 4 nitrogen and oxygen atoms in total. The number of alkyl halides is 3. The fraction of sp³-hybridized carbons (Fsp3) is 0.278. The molecule has 1 aliphatic rings. The maximum absolute atomic E-state index is 12.7. The molecule has 1 unspecified atom stereocenters. The summed E-state index contributed by atoms with van der Waals surface area (Å²) in [6, 6.07) is 12.0. The van der Waals surface area contributed by atoms with Crippen molar-refractivity contribution < 1.29 is 27.4 Å². The first kappa shape index (κ1) is 17.1. The van der Waals surface area contributed by atoms with Crippen LogP contribution in [0, 0.1) is 0 Å². The average molecular weight is 351 g/mol. The fourth-order valence-electron chi connectivity index (χ4n) is 2.50. The minimum absolute atomic E-state index is 0.131. The number of halogens is 3. The third kappa shape index (κ3) is 4.43. The first-order valence-electron chi connectivity index (χ1n) is 7.73. The summed E-state index contributed by atoms with van der Waals surface area (Å²) in [4.78, 5) is 12.0. The van der Waals surface area contributed by atoms with Gasteiger partial charge in [0.15, 0.2) is 11.5 Å². The normalized spacial score (nSPS) is 16.4. The number of para-hydroxylation sites is 2. The Morgan fingerprint density at radius 3 is 2.64 bits per heavy atom. The predicted octanol–water partition coefficient (Wildman–Crippen LogP) is 3.20. The first-order valence-corrected chi connectivity index (χ1v) is 7.73. The standard InChI is InChI=1S/C18H16F3NO3/c19-18(20,21)13-5-3-4-12(8-13)9-17(23)22-10-14-11-24-15-6-1-2-7-16(15)25-14/h1-8,14H,9-11H2,(H,22,23). The molecule has 2 aromatic rings. The number of hydrogen-bond donors (Lipinski definition) is 1. The number of nitrogens with one attached hydrogen (secondary N) is 1. The number of rotatable bonds is 4. The van der Waals surface area contributed by atoms with Gasteiger partial charge >= 0.3 is 6.18 Å². The van der Waals surface area contributed by atoms with E-state index >= 15 is 0 Å². The Bertz CT molecular complexity index is 761. The Labute approximate surface area is 142 Å². The number of ether oxygens (including phenoxy) is 2. The number of fused-ring (bicyclic) bond motifs is 1. The van der Waals surface area contributed by atoms with E-state index in [0.29, 0.717) is 23.7 Å². The van der Waals surface area contributed by atoms with Crippen LogP contribution in [0.15, 0.2) is 48.5 Å². The van der Waals surface area contributed by atoms with Gasteiger partial charge in [0.1, 0.15) is 12.7 Å². The van der Waals surface area contributed by atoms with E-state index in [-0.39, 0.29) is 25.0 Å². The third-order valence-electron chi connectivity index (χ3n) is 3.71. The van der Waals surface area contributed by atoms with Gasteiger partial charge in [0.2, 0.25) is 5.91 Å². The molecule has 0 aliphatic carbocycles. The molecule has 1 atom stereocenters. The van der Waals surface area contributed by atoms with Crippen molar-refractivity contribution >= 4 is 5.91 Å². The third-order valence-corrected chi connectivity index (χ3v) is 3.71. The second kappa shape index (κ2) is 7.04. The van der Waals surface area contributed by atoms with Crippen molar-refractivity contribution in [3.63, 3.8) is 0 Å². The lowest BCUT2D eigenvalue weighted by molar-refractivity contribution is -0.137. The summed E-state index contributed by atoms with van der Waals surface area (Å²) in [6.07, 6.45) is -4.90. The van der Waals surface area contributed by atoms with E-state index in [9.17, 15) is 18.0 Å². The second-order valence-electron chi connectivity index (χ2n) is 5.68. The van der Waals surface area contributed by atoms with E-state index in [1.54, 1.807) is 12.1 Å². The highest BCUT2D eigenvalue weighted by atomic mass is 19.4. The van der Waals surface area contributed by atoms with Gasteiger partial charge in [-0.2, -0.15) is 13.2 Å². The van der Waals surface area contributed by atoms with Crippen LogP contribution in [0.1, 0.15) is 11.1 Å². The summed E-state index contributed by atoms with van der Waals surface area (Å²) in [5, 5.41) is 2.66. The van der Waals surface area contributed by atoms with Crippen molar-refractivity contribution in [1.29, 1.82) is 0 Å². The van der Waals surface area contributed by atoms with Crippen molar-refractivity contribution in [2.45, 2.75) is 18.7 Å². The van der Waals surface area contributed by atoms with Crippen LogP contribution in [0.25, 0.3) is 0 Å². The van der Waals surface area contributed by atoms with E-state index in [1.807, 2.05) is 12.1 Å². The summed E-state index contributed by atoms with van der Waals surface area (Å²) in [6.45, 7) is 0.507. The number of benzene rings is 2. The summed E-state index contributed by atoms with van der Waals surface area (Å²) in [5.41, 5.74) is -0.461. The largest absolute Gasteiger partial charge is 0.486 e. The molecule has 7 heteroatoms. The molecule has 25 heavy (non-hydrogen) atoms. The van der Waals surface area contributed by atoms with E-state index in [0.717, 1.165) is 12.1 Å². The van der Waals surface area contributed by atoms with Gasteiger partial charge in [-0.15, -0.1) is 0 Å². The molecular weight excluding hydrogens is 335 g/mol. The van der Waals surface area contributed by atoms with Crippen LogP contribution in [0.5, 0.6) is 11.5 Å². The lowest BCUT2D eigenvalue weighted by atomic mass is 10.1. The van der Waals surface area contributed by atoms with E-state index in [2.05, 4.69) is 5.32 Å². The van der Waals surface area contributed by atoms with Crippen molar-refractivity contribution in [2.24, 2.45) is 0 Å². The van der Waals surface area contributed by atoms with Gasteiger partial charge in [-0.05, 0) is 23.8 Å². The molecule has 1 heterocycles. The van der Waals surface area contributed by atoms with E-state index in [4.69, 9.17) is 9.47 Å². The van der Waals surface area contributed by atoms with Crippen LogP contribution in [-0.4, -0.2) is 25.2 Å². The van der Waals surface area contributed by atoms with Crippen LogP contribution in [-0.2, 0) is 17.4 Å². The topological polar surface area (TPSA) is 47.6 Å². The van der Waals surface area contributed by atoms with Crippen LogP contribution in [0.2, 0.25) is 0 Å². The Balaban J connectivity index is 1.52. The predicted molar refractivity (Wildman–Crippen MR) is 84.5 cm³/mol. The zero-order valence-corrected chi connectivity index (χ0v) is 13.2. The van der Waals surface area contributed by atoms with Crippen molar-refractivity contribution in [1.82, 2.24) is 5.32 Å². The molecular formula is C18H16F3NO3. The van der Waals surface area contributed by atoms with Gasteiger partial charge in [-0.1, -0.05) is 30.3 Å². The lowest BCUT2D eigenvalue weighted by Crippen LogP contribution is -2.41. The minimum Gasteiger partial charge on any atom is -0.486 e. The van der Waals surface area contributed by atoms with E-state index < -0.39 is 11.7 Å². The van der Waals surface area contributed by atoms with Gasteiger partial charge < -0.3 is 14.8 Å². The summed E-state index contributed by atoms with van der Waals surface area (Å²) < 4.78 is 49.3. The Morgan fingerprint density at radius 2 is 1.88 bits per heavy atom. The molecule has 0 fully saturated rings. The minimum atomic E-state index is -4.42. The van der Waals surface area contributed by atoms with Gasteiger partial charge in [0.25, 0.3) is 0 Å². The Morgan fingerprint density at radius 1 is 1.12 bits per heavy atom. The fourth-order valence-corrected chi connectivity index (χ4v) is 2.50. The molecule has 3 rings (SSSR count). The van der Waals surface area contributed by atoms with Crippen molar-refractivity contribution in [3.8, 4) is 11.5 Å². The highest BCUT2D eigenvalue weighted by Crippen LogP contribution is 2.31. The van der Waals surface area contributed by atoms with E-state index in [1.165, 1.54) is 12.1 Å². The molecule has 0 radical (unpaired) electrons. The zero-order chi connectivity index (χ0) is 17.9. The van der Waals surface area contributed by atoms with Gasteiger partial charge in [0.05, 0.1) is 18.5 Å². The van der Waals surface area contributed by atoms with Crippen molar-refractivity contribution in [3.05, 3.63) is 59.7 Å². The molecule has 0 saturated heterocycles. The molecule has 0 spiro atoms. The molecule has 0 aromatic heterocycles. The molecule has 0 bridgehead atoms. The smallest absolute Gasteiger partial charge is 0.416 e. The molecule has 2 aromatic carbocycles. The summed E-state index contributed by atoms with van der Waals surface area (Å²) >= 11 is 0. The highest BCUT2D eigenvalue weighted by molar-refractivity contribution is 5.78. The quantitative estimate of drug-likeness (QED) is 0.920. The maximum atomic E-state index is 12.7. The average Bonchev–Trinajstić information content (AvgIpc) is 2.59. The monoisotopic (exact) mass is 351 g/mol. The molecule has 1 amide bonds. The van der Waals surface area contributed by atoms with Gasteiger partial charge in [-0.3, -0.25) is 4.79 Å². The Kier molecular flexibility index (Phi) is 4.83. The van der Waals surface area contributed by atoms with Crippen molar-refractivity contribution in [2.75, 3.05) is 13.2 Å². The highest BCUT2D eigenvalue weighted by Gasteiger charge is 2.30.